The Kier molecular flexibility index (Phi) is 5.33. The third-order valence-electron chi connectivity index (χ3n) is 3.87. The zero-order valence-corrected chi connectivity index (χ0v) is 16.4. The molecule has 1 aliphatic rings. The molecule has 0 spiro atoms. The molecule has 6 nitrogen and oxygen atoms in total. The standard InChI is InChI=1S/C18H15Cl2N3O3S/c19-10-2-3-12-14(6-10)23-18(22-12)27-9-17(24)21-13-8-16-15(7-11(13)20)25-4-1-5-26-16/h2-3,6-8H,1,4-5,9H2,(H,21,24)(H,22,23). The maximum absolute atomic E-state index is 12.3. The molecule has 3 aromatic rings. The molecule has 4 rings (SSSR count). The van der Waals surface area contributed by atoms with Crippen LogP contribution >= 0.6 is 35.0 Å². The molecular formula is C18H15Cl2N3O3S. The van der Waals surface area contributed by atoms with E-state index in [-0.39, 0.29) is 11.7 Å². The van der Waals surface area contributed by atoms with Gasteiger partial charge in [0, 0.05) is 23.6 Å². The van der Waals surface area contributed by atoms with Crippen molar-refractivity contribution in [2.24, 2.45) is 0 Å². The van der Waals surface area contributed by atoms with Crippen LogP contribution in [0, 0.1) is 0 Å². The van der Waals surface area contributed by atoms with Crippen molar-refractivity contribution < 1.29 is 14.3 Å². The molecule has 2 aromatic carbocycles. The number of nitrogens with zero attached hydrogens (tertiary/aromatic N) is 1. The number of rotatable bonds is 4. The van der Waals surface area contributed by atoms with Gasteiger partial charge in [-0.3, -0.25) is 4.79 Å². The number of benzene rings is 2. The summed E-state index contributed by atoms with van der Waals surface area (Å²) in [7, 11) is 0. The fourth-order valence-electron chi connectivity index (χ4n) is 2.63. The first-order chi connectivity index (χ1) is 13.1. The molecule has 0 saturated carbocycles. The normalized spacial score (nSPS) is 13.4. The monoisotopic (exact) mass is 423 g/mol. The molecule has 9 heteroatoms. The van der Waals surface area contributed by atoms with Gasteiger partial charge >= 0.3 is 0 Å². The zero-order valence-electron chi connectivity index (χ0n) is 14.1. The number of halogens is 2. The van der Waals surface area contributed by atoms with Crippen molar-refractivity contribution in [1.82, 2.24) is 9.97 Å². The van der Waals surface area contributed by atoms with E-state index < -0.39 is 0 Å². The number of H-pyrrole nitrogens is 1. The largest absolute Gasteiger partial charge is 0.490 e. The number of imidazole rings is 1. The number of thioether (sulfide) groups is 1. The molecule has 140 valence electrons. The van der Waals surface area contributed by atoms with Gasteiger partial charge < -0.3 is 19.8 Å². The fraction of sp³-hybridized carbons (Fsp3) is 0.222. The molecule has 27 heavy (non-hydrogen) atoms. The molecule has 0 fully saturated rings. The first-order valence-electron chi connectivity index (χ1n) is 8.25. The summed E-state index contributed by atoms with van der Waals surface area (Å²) in [6, 6.07) is 8.75. The summed E-state index contributed by atoms with van der Waals surface area (Å²) in [4.78, 5) is 19.9. The second-order valence-corrected chi connectivity index (χ2v) is 7.68. The van der Waals surface area contributed by atoms with Crippen LogP contribution in [-0.4, -0.2) is 34.8 Å². The lowest BCUT2D eigenvalue weighted by molar-refractivity contribution is -0.113. The van der Waals surface area contributed by atoms with Crippen molar-refractivity contribution in [3.05, 3.63) is 40.4 Å². The number of aromatic amines is 1. The number of ether oxygens (including phenoxy) is 2. The number of carbonyl (C=O) groups excluding carboxylic acids is 1. The van der Waals surface area contributed by atoms with Gasteiger partial charge in [-0.05, 0) is 18.2 Å². The second kappa shape index (κ2) is 7.88. The number of hydrogen-bond donors (Lipinski definition) is 2. The van der Waals surface area contributed by atoms with Crippen molar-refractivity contribution in [2.45, 2.75) is 11.6 Å². The molecule has 1 amide bonds. The van der Waals surface area contributed by atoms with E-state index >= 15 is 0 Å². The summed E-state index contributed by atoms with van der Waals surface area (Å²) >= 11 is 13.5. The first-order valence-corrected chi connectivity index (χ1v) is 10.00. The van der Waals surface area contributed by atoms with Crippen molar-refractivity contribution in [3.63, 3.8) is 0 Å². The average molecular weight is 424 g/mol. The van der Waals surface area contributed by atoms with E-state index in [1.165, 1.54) is 11.8 Å². The van der Waals surface area contributed by atoms with Gasteiger partial charge in [0.1, 0.15) is 0 Å². The number of fused-ring (bicyclic) bond motifs is 2. The number of anilines is 1. The summed E-state index contributed by atoms with van der Waals surface area (Å²) in [6.45, 7) is 1.14. The predicted octanol–water partition coefficient (Wildman–Crippen LogP) is 4.76. The van der Waals surface area contributed by atoms with Gasteiger partial charge in [-0.15, -0.1) is 0 Å². The van der Waals surface area contributed by atoms with Gasteiger partial charge in [-0.25, -0.2) is 4.98 Å². The SMILES string of the molecule is O=C(CSc1nc2ccc(Cl)cc2[nH]1)Nc1cc2c(cc1Cl)OCCCO2. The summed E-state index contributed by atoms with van der Waals surface area (Å²) < 4.78 is 11.2. The molecule has 0 unspecified atom stereocenters. The highest BCUT2D eigenvalue weighted by atomic mass is 35.5. The Morgan fingerprint density at radius 1 is 1.19 bits per heavy atom. The highest BCUT2D eigenvalue weighted by molar-refractivity contribution is 7.99. The lowest BCUT2D eigenvalue weighted by atomic mass is 10.2. The topological polar surface area (TPSA) is 76.2 Å². The summed E-state index contributed by atoms with van der Waals surface area (Å²) in [6.07, 6.45) is 0.799. The number of nitrogens with one attached hydrogen (secondary N) is 2. The lowest BCUT2D eigenvalue weighted by Crippen LogP contribution is -2.14. The second-order valence-electron chi connectivity index (χ2n) is 5.87. The van der Waals surface area contributed by atoms with E-state index in [1.54, 1.807) is 24.3 Å². The Labute approximate surface area is 169 Å². The van der Waals surface area contributed by atoms with Gasteiger partial charge in [-0.2, -0.15) is 0 Å². The van der Waals surface area contributed by atoms with Crippen LogP contribution < -0.4 is 14.8 Å². The highest BCUT2D eigenvalue weighted by Gasteiger charge is 2.16. The molecule has 0 radical (unpaired) electrons. The third-order valence-corrected chi connectivity index (χ3v) is 5.29. The van der Waals surface area contributed by atoms with Gasteiger partial charge in [0.15, 0.2) is 16.7 Å². The van der Waals surface area contributed by atoms with Crippen molar-refractivity contribution in [2.75, 3.05) is 24.3 Å². The van der Waals surface area contributed by atoms with Gasteiger partial charge in [-0.1, -0.05) is 35.0 Å². The Bertz CT molecular complexity index is 1010. The Morgan fingerprint density at radius 2 is 1.96 bits per heavy atom. The molecule has 0 saturated heterocycles. The number of carbonyl (C=O) groups is 1. The van der Waals surface area contributed by atoms with E-state index in [1.807, 2.05) is 6.07 Å². The third kappa shape index (κ3) is 4.26. The minimum absolute atomic E-state index is 0.179. The van der Waals surface area contributed by atoms with E-state index in [9.17, 15) is 4.79 Å². The predicted molar refractivity (Wildman–Crippen MR) is 108 cm³/mol. The van der Waals surface area contributed by atoms with Crippen LogP contribution in [0.25, 0.3) is 11.0 Å². The van der Waals surface area contributed by atoms with E-state index in [4.69, 9.17) is 32.7 Å². The minimum atomic E-state index is -0.199. The number of amides is 1. The van der Waals surface area contributed by atoms with Gasteiger partial charge in [0.05, 0.1) is 40.7 Å². The molecule has 2 N–H and O–H groups in total. The quantitative estimate of drug-likeness (QED) is 0.591. The maximum atomic E-state index is 12.3. The molecule has 2 heterocycles. The molecular weight excluding hydrogens is 409 g/mol. The zero-order chi connectivity index (χ0) is 18.8. The van der Waals surface area contributed by atoms with Crippen molar-refractivity contribution in [3.8, 4) is 11.5 Å². The van der Waals surface area contributed by atoms with E-state index in [2.05, 4.69) is 15.3 Å². The number of aromatic nitrogens is 2. The van der Waals surface area contributed by atoms with Crippen LogP contribution in [0.5, 0.6) is 11.5 Å². The van der Waals surface area contributed by atoms with Gasteiger partial charge in [0.2, 0.25) is 5.91 Å². The Morgan fingerprint density at radius 3 is 2.78 bits per heavy atom. The first kappa shape index (κ1) is 18.3. The molecule has 0 atom stereocenters. The summed E-state index contributed by atoms with van der Waals surface area (Å²) in [5.41, 5.74) is 2.12. The fourth-order valence-corrected chi connectivity index (χ4v) is 3.68. The summed E-state index contributed by atoms with van der Waals surface area (Å²) in [5, 5.41) is 4.48. The molecule has 1 aliphatic heterocycles. The molecule has 0 aliphatic carbocycles. The van der Waals surface area contributed by atoms with Gasteiger partial charge in [0.25, 0.3) is 0 Å². The molecule has 0 bridgehead atoms. The van der Waals surface area contributed by atoms with Crippen molar-refractivity contribution >= 4 is 57.6 Å². The lowest BCUT2D eigenvalue weighted by Gasteiger charge is -2.12. The van der Waals surface area contributed by atoms with Crippen LogP contribution in [-0.2, 0) is 4.79 Å². The Balaban J connectivity index is 1.42. The summed E-state index contributed by atoms with van der Waals surface area (Å²) in [5.74, 6) is 1.15. The smallest absolute Gasteiger partial charge is 0.234 e. The van der Waals surface area contributed by atoms with Crippen molar-refractivity contribution in [1.29, 1.82) is 0 Å². The maximum Gasteiger partial charge on any atom is 0.234 e. The van der Waals surface area contributed by atoms with Crippen LogP contribution in [0.15, 0.2) is 35.5 Å². The van der Waals surface area contributed by atoms with Crippen LogP contribution in [0.4, 0.5) is 5.69 Å². The van der Waals surface area contributed by atoms with Crippen LogP contribution in [0.1, 0.15) is 6.42 Å². The number of hydrogen-bond acceptors (Lipinski definition) is 5. The average Bonchev–Trinajstić information content (AvgIpc) is 2.91. The van der Waals surface area contributed by atoms with Crippen LogP contribution in [0.2, 0.25) is 10.0 Å². The Hall–Kier alpha value is -2.09. The van der Waals surface area contributed by atoms with Crippen LogP contribution in [0.3, 0.4) is 0 Å². The van der Waals surface area contributed by atoms with E-state index in [0.717, 1.165) is 17.5 Å². The minimum Gasteiger partial charge on any atom is -0.490 e. The van der Waals surface area contributed by atoms with E-state index in [0.29, 0.717) is 45.6 Å². The highest BCUT2D eigenvalue weighted by Crippen LogP contribution is 2.37. The molecule has 1 aromatic heterocycles.